The van der Waals surface area contributed by atoms with Gasteiger partial charge in [-0.1, -0.05) is 73.5 Å². The highest BCUT2D eigenvalue weighted by Gasteiger charge is 2.32. The van der Waals surface area contributed by atoms with Crippen molar-refractivity contribution < 1.29 is 22.4 Å². The predicted octanol–water partition coefficient (Wildman–Crippen LogP) is 4.46. The Kier molecular flexibility index (Phi) is 10.6. The Labute approximate surface area is 230 Å². The van der Waals surface area contributed by atoms with Crippen molar-refractivity contribution in [3.63, 3.8) is 0 Å². The fourth-order valence-corrected chi connectivity index (χ4v) is 5.02. The van der Waals surface area contributed by atoms with Crippen LogP contribution in [0.25, 0.3) is 0 Å². The lowest BCUT2D eigenvalue weighted by atomic mass is 10.0. The zero-order valence-electron chi connectivity index (χ0n) is 22.6. The van der Waals surface area contributed by atoms with Gasteiger partial charge in [0, 0.05) is 19.5 Å². The molecule has 3 aromatic rings. The highest BCUT2D eigenvalue weighted by atomic mass is 32.2. The molecule has 0 aromatic heterocycles. The number of carbonyl (C=O) groups excluding carboxylic acids is 2. The molecule has 0 bridgehead atoms. The molecule has 2 amide bonds. The van der Waals surface area contributed by atoms with Crippen LogP contribution in [0.2, 0.25) is 0 Å². The van der Waals surface area contributed by atoms with Crippen molar-refractivity contribution in [2.75, 3.05) is 23.7 Å². The summed E-state index contributed by atoms with van der Waals surface area (Å²) in [7, 11) is -3.82. The lowest BCUT2D eigenvalue weighted by Crippen LogP contribution is -2.53. The Morgan fingerprint density at radius 1 is 0.923 bits per heavy atom. The fourth-order valence-electron chi connectivity index (χ4n) is 4.17. The molecule has 1 N–H and O–H groups in total. The smallest absolute Gasteiger partial charge is 0.244 e. The van der Waals surface area contributed by atoms with Gasteiger partial charge >= 0.3 is 0 Å². The van der Waals surface area contributed by atoms with Gasteiger partial charge in [0.15, 0.2) is 0 Å². The molecule has 3 rings (SSSR count). The second kappa shape index (κ2) is 13.9. The van der Waals surface area contributed by atoms with Crippen LogP contribution >= 0.6 is 0 Å². The van der Waals surface area contributed by atoms with Crippen LogP contribution in [0.15, 0.2) is 78.9 Å². The summed E-state index contributed by atoms with van der Waals surface area (Å²) in [6.45, 7) is 3.87. The minimum atomic E-state index is -3.82. The van der Waals surface area contributed by atoms with Crippen LogP contribution in [-0.2, 0) is 32.6 Å². The van der Waals surface area contributed by atoms with Crippen molar-refractivity contribution in [3.8, 4) is 0 Å². The van der Waals surface area contributed by atoms with E-state index in [2.05, 4.69) is 5.32 Å². The maximum atomic E-state index is 13.9. The maximum absolute atomic E-state index is 13.9. The lowest BCUT2D eigenvalue weighted by molar-refractivity contribution is -0.140. The summed E-state index contributed by atoms with van der Waals surface area (Å²) < 4.78 is 40.2. The molecular formula is C30H36FN3O4S. The highest BCUT2D eigenvalue weighted by Crippen LogP contribution is 2.21. The van der Waals surface area contributed by atoms with Crippen molar-refractivity contribution in [2.24, 2.45) is 0 Å². The Hall–Kier alpha value is -3.72. The third-order valence-electron chi connectivity index (χ3n) is 6.37. The Bertz CT molecular complexity index is 1330. The van der Waals surface area contributed by atoms with Gasteiger partial charge < -0.3 is 10.2 Å². The molecule has 0 unspecified atom stereocenters. The summed E-state index contributed by atoms with van der Waals surface area (Å²) >= 11 is 0. The molecule has 7 nitrogen and oxygen atoms in total. The second-order valence-corrected chi connectivity index (χ2v) is 11.5. The van der Waals surface area contributed by atoms with Gasteiger partial charge in [0.1, 0.15) is 18.4 Å². The summed E-state index contributed by atoms with van der Waals surface area (Å²) in [6.07, 6.45) is 2.95. The first-order valence-corrected chi connectivity index (χ1v) is 14.8. The topological polar surface area (TPSA) is 86.8 Å². The zero-order valence-corrected chi connectivity index (χ0v) is 23.5. The number of unbranched alkanes of at least 4 members (excludes halogenated alkanes) is 1. The molecule has 3 aromatic carbocycles. The summed E-state index contributed by atoms with van der Waals surface area (Å²) in [5, 5.41) is 2.93. The molecule has 0 aliphatic rings. The van der Waals surface area contributed by atoms with Crippen molar-refractivity contribution in [2.45, 2.75) is 45.7 Å². The summed E-state index contributed by atoms with van der Waals surface area (Å²) in [6, 6.07) is 20.9. The van der Waals surface area contributed by atoms with Gasteiger partial charge in [0.25, 0.3) is 0 Å². The van der Waals surface area contributed by atoms with E-state index in [1.165, 1.54) is 17.0 Å². The third-order valence-corrected chi connectivity index (χ3v) is 7.51. The Balaban J connectivity index is 2.01. The normalized spacial score (nSPS) is 12.0. The number of benzene rings is 3. The van der Waals surface area contributed by atoms with Gasteiger partial charge in [0.05, 0.1) is 11.9 Å². The molecular weight excluding hydrogens is 517 g/mol. The molecule has 0 aliphatic heterocycles. The van der Waals surface area contributed by atoms with Crippen molar-refractivity contribution in [1.82, 2.24) is 10.2 Å². The lowest BCUT2D eigenvalue weighted by Gasteiger charge is -2.33. The first-order valence-electron chi connectivity index (χ1n) is 13.0. The fraction of sp³-hybridized carbons (Fsp3) is 0.333. The quantitative estimate of drug-likeness (QED) is 0.317. The first kappa shape index (κ1) is 29.8. The summed E-state index contributed by atoms with van der Waals surface area (Å²) in [4.78, 5) is 28.8. The van der Waals surface area contributed by atoms with E-state index in [1.807, 2.05) is 44.2 Å². The van der Waals surface area contributed by atoms with Crippen LogP contribution in [0.4, 0.5) is 10.1 Å². The first-order chi connectivity index (χ1) is 18.6. The Morgan fingerprint density at radius 2 is 1.56 bits per heavy atom. The van der Waals surface area contributed by atoms with E-state index < -0.39 is 34.3 Å². The van der Waals surface area contributed by atoms with Gasteiger partial charge in [-0.2, -0.15) is 0 Å². The molecule has 0 aliphatic carbocycles. The van der Waals surface area contributed by atoms with Crippen LogP contribution in [0.5, 0.6) is 0 Å². The SMILES string of the molecule is CCCCNC(=O)[C@H](Cc1ccccc1)N(Cc1ccc(F)cc1)C(=O)CN(c1ccc(C)cc1)S(C)(=O)=O. The van der Waals surface area contributed by atoms with Crippen LogP contribution < -0.4 is 9.62 Å². The molecule has 1 atom stereocenters. The van der Waals surface area contributed by atoms with Crippen molar-refractivity contribution in [3.05, 3.63) is 101 Å². The maximum Gasteiger partial charge on any atom is 0.244 e. The number of amides is 2. The van der Waals surface area contributed by atoms with Crippen LogP contribution in [0, 0.1) is 12.7 Å². The summed E-state index contributed by atoms with van der Waals surface area (Å²) in [5.41, 5.74) is 2.77. The average Bonchev–Trinajstić information content (AvgIpc) is 2.91. The van der Waals surface area contributed by atoms with Gasteiger partial charge in [-0.05, 0) is 48.7 Å². The molecule has 0 saturated carbocycles. The zero-order chi connectivity index (χ0) is 28.4. The van der Waals surface area contributed by atoms with Gasteiger partial charge in [-0.25, -0.2) is 12.8 Å². The predicted molar refractivity (Wildman–Crippen MR) is 152 cm³/mol. The number of aryl methyl sites for hydroxylation is 1. The van der Waals surface area contributed by atoms with Gasteiger partial charge in [-0.3, -0.25) is 13.9 Å². The van der Waals surface area contributed by atoms with E-state index in [-0.39, 0.29) is 18.9 Å². The van der Waals surface area contributed by atoms with E-state index >= 15 is 0 Å². The minimum absolute atomic E-state index is 0.00328. The number of rotatable bonds is 13. The molecule has 0 saturated heterocycles. The standard InChI is InChI=1S/C30H36FN3O4S/c1-4-5-19-32-30(36)28(20-24-9-7-6-8-10-24)33(21-25-13-15-26(31)16-14-25)29(35)22-34(39(3,37)38)27-17-11-23(2)12-18-27/h6-18,28H,4-5,19-22H2,1-3H3,(H,32,36)/t28-/m0/s1. The second-order valence-electron chi connectivity index (χ2n) is 9.60. The number of anilines is 1. The molecule has 39 heavy (non-hydrogen) atoms. The van der Waals surface area contributed by atoms with Crippen LogP contribution in [-0.4, -0.2) is 50.5 Å². The molecule has 9 heteroatoms. The largest absolute Gasteiger partial charge is 0.354 e. The summed E-state index contributed by atoms with van der Waals surface area (Å²) in [5.74, 6) is -1.29. The van der Waals surface area contributed by atoms with Crippen LogP contribution in [0.1, 0.15) is 36.5 Å². The monoisotopic (exact) mass is 553 g/mol. The van der Waals surface area contributed by atoms with E-state index in [0.29, 0.717) is 17.8 Å². The number of nitrogens with one attached hydrogen (secondary N) is 1. The highest BCUT2D eigenvalue weighted by molar-refractivity contribution is 7.92. The molecule has 0 heterocycles. The minimum Gasteiger partial charge on any atom is -0.354 e. The molecule has 0 radical (unpaired) electrons. The number of halogens is 1. The third kappa shape index (κ3) is 8.92. The van der Waals surface area contributed by atoms with E-state index in [0.717, 1.165) is 34.5 Å². The van der Waals surface area contributed by atoms with Gasteiger partial charge in [0.2, 0.25) is 21.8 Å². The molecule has 208 valence electrons. The van der Waals surface area contributed by atoms with E-state index in [4.69, 9.17) is 0 Å². The number of hydrogen-bond acceptors (Lipinski definition) is 4. The molecule has 0 spiro atoms. The number of hydrogen-bond donors (Lipinski definition) is 1. The van der Waals surface area contributed by atoms with E-state index in [9.17, 15) is 22.4 Å². The number of sulfonamides is 1. The van der Waals surface area contributed by atoms with Crippen molar-refractivity contribution in [1.29, 1.82) is 0 Å². The van der Waals surface area contributed by atoms with Crippen LogP contribution in [0.3, 0.4) is 0 Å². The van der Waals surface area contributed by atoms with Crippen molar-refractivity contribution >= 4 is 27.5 Å². The number of nitrogens with zero attached hydrogens (tertiary/aromatic N) is 2. The Morgan fingerprint density at radius 3 is 2.15 bits per heavy atom. The van der Waals surface area contributed by atoms with E-state index in [1.54, 1.807) is 36.4 Å². The molecule has 0 fully saturated rings. The van der Waals surface area contributed by atoms with Gasteiger partial charge in [-0.15, -0.1) is 0 Å². The number of carbonyl (C=O) groups is 2. The average molecular weight is 554 g/mol.